The summed E-state index contributed by atoms with van der Waals surface area (Å²) in [4.78, 5) is 0. The Morgan fingerprint density at radius 3 is 1.01 bits per heavy atom. The van der Waals surface area contributed by atoms with Crippen molar-refractivity contribution in [3.8, 4) is 100 Å². The predicted molar refractivity (Wildman–Crippen MR) is 389 cm³/mol. The monoisotopic (exact) mass is 1170 g/mol. The van der Waals surface area contributed by atoms with Crippen molar-refractivity contribution in [3.05, 3.63) is 350 Å². The van der Waals surface area contributed by atoms with E-state index in [-0.39, 0.29) is 10.8 Å². The van der Waals surface area contributed by atoms with E-state index in [1.165, 1.54) is 166 Å². The molecule has 0 saturated heterocycles. The number of aromatic nitrogens is 2. The van der Waals surface area contributed by atoms with Crippen molar-refractivity contribution in [2.24, 2.45) is 0 Å². The lowest BCUT2D eigenvalue weighted by atomic mass is 9.82. The number of nitrogens with zero attached hydrogens (tertiary/aromatic N) is 2. The molecule has 0 amide bonds. The Balaban J connectivity index is 0.000000141. The van der Waals surface area contributed by atoms with Gasteiger partial charge in [-0.3, -0.25) is 0 Å². The summed E-state index contributed by atoms with van der Waals surface area (Å²) in [6, 6.07) is 120. The third kappa shape index (κ3) is 8.92. The third-order valence-electron chi connectivity index (χ3n) is 20.0. The number of hydrogen-bond acceptors (Lipinski definition) is 0. The van der Waals surface area contributed by atoms with Crippen molar-refractivity contribution in [2.75, 3.05) is 0 Å². The van der Waals surface area contributed by atoms with Crippen LogP contribution in [0.3, 0.4) is 0 Å². The molecular formula is C90H66N2. The maximum Gasteiger partial charge on any atom is 0.0622 e. The number of para-hydroxylation sites is 2. The van der Waals surface area contributed by atoms with E-state index in [0.29, 0.717) is 0 Å². The van der Waals surface area contributed by atoms with Gasteiger partial charge < -0.3 is 9.13 Å². The van der Waals surface area contributed by atoms with Gasteiger partial charge in [-0.25, -0.2) is 0 Å². The highest BCUT2D eigenvalue weighted by atomic mass is 15.0. The van der Waals surface area contributed by atoms with Crippen LogP contribution in [-0.4, -0.2) is 9.13 Å². The molecule has 0 saturated carbocycles. The molecule has 16 aromatic rings. The van der Waals surface area contributed by atoms with Crippen LogP contribution in [0.5, 0.6) is 0 Å². The molecule has 0 fully saturated rings. The smallest absolute Gasteiger partial charge is 0.0622 e. The first-order valence-electron chi connectivity index (χ1n) is 32.2. The molecule has 2 heterocycles. The third-order valence-corrected chi connectivity index (χ3v) is 20.0. The molecule has 2 aliphatic rings. The van der Waals surface area contributed by atoms with Crippen LogP contribution >= 0.6 is 0 Å². The number of fused-ring (bicyclic) bond motifs is 14. The summed E-state index contributed by atoms with van der Waals surface area (Å²) in [5.74, 6) is 0. The van der Waals surface area contributed by atoms with Gasteiger partial charge in [0.2, 0.25) is 0 Å². The number of benzene rings is 14. The van der Waals surface area contributed by atoms with E-state index < -0.39 is 0 Å². The lowest BCUT2D eigenvalue weighted by Gasteiger charge is -2.21. The van der Waals surface area contributed by atoms with Gasteiger partial charge in [0.15, 0.2) is 0 Å². The average molecular weight is 1180 g/mol. The normalized spacial score (nSPS) is 13.2. The van der Waals surface area contributed by atoms with Crippen LogP contribution in [0.15, 0.2) is 328 Å². The topological polar surface area (TPSA) is 9.86 Å². The molecule has 0 spiro atoms. The second kappa shape index (κ2) is 21.7. The molecule has 0 unspecified atom stereocenters. The average Bonchev–Trinajstić information content (AvgIpc) is 1.58. The standard InChI is InChI=1S/2C45H33N/c1-45(2)40-19-11-9-18-39(40)43-41(45)26-25-38-37-17-10-12-20-42(37)46(44(38)43)36-23-21-32(22-24-36)35-28-33(30-13-5-3-6-14-30)27-34(29-35)31-15-7-4-8-16-31;1-45(2)39-19-11-9-17-37(39)43-40(45)25-26-42-44(43)38-18-10-12-20-41(38)46(42)36-23-21-32(22-24-36)35-28-33(30-13-5-3-6-14-30)27-34(29-35)31-15-7-4-8-16-31/h2*3-29H,1-2H3. The van der Waals surface area contributed by atoms with Crippen LogP contribution in [-0.2, 0) is 10.8 Å². The minimum Gasteiger partial charge on any atom is -0.309 e. The van der Waals surface area contributed by atoms with Gasteiger partial charge in [0.05, 0.1) is 22.1 Å². The fourth-order valence-electron chi connectivity index (χ4n) is 15.4. The second-order valence-corrected chi connectivity index (χ2v) is 26.0. The molecule has 92 heavy (non-hydrogen) atoms. The molecule has 2 aliphatic carbocycles. The van der Waals surface area contributed by atoms with E-state index in [0.717, 1.165) is 0 Å². The fraction of sp³-hybridized carbons (Fsp3) is 0.0667. The largest absolute Gasteiger partial charge is 0.309 e. The molecule has 14 aromatic carbocycles. The minimum absolute atomic E-state index is 0.0299. The van der Waals surface area contributed by atoms with Gasteiger partial charge in [-0.15, -0.1) is 0 Å². The van der Waals surface area contributed by atoms with Crippen LogP contribution in [0.1, 0.15) is 49.9 Å². The van der Waals surface area contributed by atoms with Gasteiger partial charge in [-0.2, -0.15) is 0 Å². The zero-order valence-electron chi connectivity index (χ0n) is 52.1. The van der Waals surface area contributed by atoms with E-state index in [9.17, 15) is 0 Å². The molecule has 0 atom stereocenters. The molecular weight excluding hydrogens is 1110 g/mol. The molecule has 2 heteroatoms. The summed E-state index contributed by atoms with van der Waals surface area (Å²) in [6.45, 7) is 9.44. The molecule has 436 valence electrons. The SMILES string of the molecule is CC1(C)c2ccccc2-c2c1ccc1c2c2ccccc2n1-c1ccc(-c2cc(-c3ccccc3)cc(-c3ccccc3)c2)cc1.CC1(C)c2ccccc2-c2c1ccc1c3ccccc3n(-c3ccc(-c4cc(-c5ccccc5)cc(-c5ccccc5)c4)cc3)c21. The van der Waals surface area contributed by atoms with Gasteiger partial charge in [-0.1, -0.05) is 276 Å². The lowest BCUT2D eigenvalue weighted by molar-refractivity contribution is 0.660. The summed E-state index contributed by atoms with van der Waals surface area (Å²) in [5.41, 5.74) is 33.0. The van der Waals surface area contributed by atoms with Crippen LogP contribution in [0.2, 0.25) is 0 Å². The Hall–Kier alpha value is -11.3. The Morgan fingerprint density at radius 1 is 0.217 bits per heavy atom. The Morgan fingerprint density at radius 2 is 0.554 bits per heavy atom. The zero-order valence-corrected chi connectivity index (χ0v) is 52.1. The van der Waals surface area contributed by atoms with Crippen molar-refractivity contribution < 1.29 is 0 Å². The molecule has 18 rings (SSSR count). The first-order valence-corrected chi connectivity index (χ1v) is 32.2. The zero-order chi connectivity index (χ0) is 61.7. The minimum atomic E-state index is -0.0501. The predicted octanol–water partition coefficient (Wildman–Crippen LogP) is 24.2. The van der Waals surface area contributed by atoms with Crippen molar-refractivity contribution in [2.45, 2.75) is 38.5 Å². The molecule has 0 bridgehead atoms. The molecule has 2 nitrogen and oxygen atoms in total. The van der Waals surface area contributed by atoms with E-state index in [4.69, 9.17) is 0 Å². The molecule has 0 radical (unpaired) electrons. The van der Waals surface area contributed by atoms with E-state index in [1.807, 2.05) is 0 Å². The highest BCUT2D eigenvalue weighted by molar-refractivity contribution is 6.18. The summed E-state index contributed by atoms with van der Waals surface area (Å²) in [6.07, 6.45) is 0. The van der Waals surface area contributed by atoms with Crippen molar-refractivity contribution in [1.82, 2.24) is 9.13 Å². The Bertz CT molecular complexity index is 5390. The number of hydrogen-bond donors (Lipinski definition) is 0. The lowest BCUT2D eigenvalue weighted by Crippen LogP contribution is -2.14. The van der Waals surface area contributed by atoms with Gasteiger partial charge in [0, 0.05) is 49.3 Å². The van der Waals surface area contributed by atoms with Crippen LogP contribution < -0.4 is 0 Å². The second-order valence-electron chi connectivity index (χ2n) is 26.0. The van der Waals surface area contributed by atoms with Gasteiger partial charge in [0.1, 0.15) is 0 Å². The van der Waals surface area contributed by atoms with Gasteiger partial charge >= 0.3 is 0 Å². The van der Waals surface area contributed by atoms with Crippen molar-refractivity contribution >= 4 is 43.6 Å². The maximum absolute atomic E-state index is 2.49. The summed E-state index contributed by atoms with van der Waals surface area (Å²) < 4.78 is 4.93. The van der Waals surface area contributed by atoms with Crippen molar-refractivity contribution in [3.63, 3.8) is 0 Å². The van der Waals surface area contributed by atoms with Crippen LogP contribution in [0.4, 0.5) is 0 Å². The number of rotatable bonds is 8. The van der Waals surface area contributed by atoms with Crippen LogP contribution in [0.25, 0.3) is 144 Å². The Kier molecular flexibility index (Phi) is 12.9. The van der Waals surface area contributed by atoms with E-state index in [1.54, 1.807) is 0 Å². The molecule has 2 aromatic heterocycles. The Labute approximate surface area is 538 Å². The highest BCUT2D eigenvalue weighted by Gasteiger charge is 2.39. The highest BCUT2D eigenvalue weighted by Crippen LogP contribution is 2.55. The maximum atomic E-state index is 2.49. The summed E-state index contributed by atoms with van der Waals surface area (Å²) in [5, 5.41) is 5.23. The van der Waals surface area contributed by atoms with Crippen molar-refractivity contribution in [1.29, 1.82) is 0 Å². The van der Waals surface area contributed by atoms with Gasteiger partial charge in [0.25, 0.3) is 0 Å². The fourth-order valence-corrected chi connectivity index (χ4v) is 15.4. The quantitative estimate of drug-likeness (QED) is 0.144. The summed E-state index contributed by atoms with van der Waals surface area (Å²) >= 11 is 0. The van der Waals surface area contributed by atoms with E-state index in [2.05, 4.69) is 364 Å². The van der Waals surface area contributed by atoms with Crippen LogP contribution in [0, 0.1) is 0 Å². The van der Waals surface area contributed by atoms with Gasteiger partial charge in [-0.05, 0) is 185 Å². The molecule has 0 N–H and O–H groups in total. The summed E-state index contributed by atoms with van der Waals surface area (Å²) in [7, 11) is 0. The molecule has 0 aliphatic heterocycles. The van der Waals surface area contributed by atoms with E-state index >= 15 is 0 Å². The first kappa shape index (κ1) is 54.8. The first-order chi connectivity index (χ1) is 45.2.